The summed E-state index contributed by atoms with van der Waals surface area (Å²) in [6, 6.07) is 0. The van der Waals surface area contributed by atoms with Crippen LogP contribution in [0.15, 0.2) is 12.7 Å². The molecule has 2 aliphatic carbocycles. The molecule has 0 aromatic carbocycles. The second-order valence-corrected chi connectivity index (χ2v) is 5.06. The minimum atomic E-state index is -0.321. The zero-order chi connectivity index (χ0) is 10.6. The van der Waals surface area contributed by atoms with E-state index < -0.39 is 0 Å². The van der Waals surface area contributed by atoms with Crippen LogP contribution in [0.25, 0.3) is 0 Å². The first-order chi connectivity index (χ1) is 6.51. The Hall–Kier alpha value is -0.630. The van der Waals surface area contributed by atoms with Crippen LogP contribution in [0.2, 0.25) is 0 Å². The number of ketones is 1. The van der Waals surface area contributed by atoms with Gasteiger partial charge < -0.3 is 4.74 Å². The second-order valence-electron chi connectivity index (χ2n) is 5.06. The summed E-state index contributed by atoms with van der Waals surface area (Å²) in [6.45, 7) is 8.19. The Bertz CT molecular complexity index is 293. The lowest BCUT2D eigenvalue weighted by Gasteiger charge is -2.32. The molecule has 0 spiro atoms. The molecule has 3 atom stereocenters. The standard InChI is InChI=1S/C12H18O2/c1-5-12-7-6-8(11(12,2)3)9(14-4)10(12)13/h5,8-9H,1,6-7H2,2-4H3/t8-,9-,12+/m0/s1. The van der Waals surface area contributed by atoms with Gasteiger partial charge in [-0.15, -0.1) is 6.58 Å². The van der Waals surface area contributed by atoms with Crippen molar-refractivity contribution in [2.24, 2.45) is 16.7 Å². The number of fused-ring (bicyclic) bond motifs is 2. The first-order valence-corrected chi connectivity index (χ1v) is 5.22. The number of carbonyl (C=O) groups excluding carboxylic acids is 1. The van der Waals surface area contributed by atoms with Gasteiger partial charge in [0.05, 0.1) is 5.41 Å². The van der Waals surface area contributed by atoms with E-state index in [4.69, 9.17) is 4.74 Å². The Labute approximate surface area is 85.3 Å². The molecular formula is C12H18O2. The van der Waals surface area contributed by atoms with E-state index in [1.54, 1.807) is 7.11 Å². The molecule has 0 heterocycles. The van der Waals surface area contributed by atoms with Gasteiger partial charge in [-0.3, -0.25) is 4.79 Å². The fourth-order valence-electron chi connectivity index (χ4n) is 3.54. The van der Waals surface area contributed by atoms with Gasteiger partial charge in [-0.05, 0) is 24.2 Å². The van der Waals surface area contributed by atoms with Gasteiger partial charge in [-0.1, -0.05) is 19.9 Å². The Kier molecular flexibility index (Phi) is 1.91. The molecule has 0 aromatic rings. The van der Waals surface area contributed by atoms with Crippen molar-refractivity contribution in [1.29, 1.82) is 0 Å². The zero-order valence-corrected chi connectivity index (χ0v) is 9.17. The summed E-state index contributed by atoms with van der Waals surface area (Å²) >= 11 is 0. The minimum Gasteiger partial charge on any atom is -0.373 e. The Morgan fingerprint density at radius 3 is 2.57 bits per heavy atom. The van der Waals surface area contributed by atoms with E-state index in [2.05, 4.69) is 20.4 Å². The van der Waals surface area contributed by atoms with Crippen molar-refractivity contribution in [1.82, 2.24) is 0 Å². The van der Waals surface area contributed by atoms with Crippen molar-refractivity contribution in [3.63, 3.8) is 0 Å². The highest BCUT2D eigenvalue weighted by Crippen LogP contribution is 2.64. The van der Waals surface area contributed by atoms with Gasteiger partial charge in [0.15, 0.2) is 5.78 Å². The van der Waals surface area contributed by atoms with Gasteiger partial charge in [0.1, 0.15) is 6.10 Å². The smallest absolute Gasteiger partial charge is 0.172 e. The Morgan fingerprint density at radius 2 is 2.21 bits per heavy atom. The van der Waals surface area contributed by atoms with Crippen LogP contribution in [-0.4, -0.2) is 19.0 Å². The molecular weight excluding hydrogens is 176 g/mol. The van der Waals surface area contributed by atoms with E-state index in [1.807, 2.05) is 6.08 Å². The number of methoxy groups -OCH3 is 1. The molecule has 0 amide bonds. The summed E-state index contributed by atoms with van der Waals surface area (Å²) in [4.78, 5) is 12.2. The highest BCUT2D eigenvalue weighted by atomic mass is 16.5. The number of hydrogen-bond acceptors (Lipinski definition) is 2. The zero-order valence-electron chi connectivity index (χ0n) is 9.17. The van der Waals surface area contributed by atoms with Crippen LogP contribution in [0.3, 0.4) is 0 Å². The first-order valence-electron chi connectivity index (χ1n) is 5.22. The third-order valence-electron chi connectivity index (χ3n) is 4.59. The molecule has 2 aliphatic rings. The molecule has 14 heavy (non-hydrogen) atoms. The molecule has 0 N–H and O–H groups in total. The molecule has 78 valence electrons. The molecule has 0 unspecified atom stereocenters. The topological polar surface area (TPSA) is 26.3 Å². The summed E-state index contributed by atoms with van der Waals surface area (Å²) in [5.41, 5.74) is -0.301. The maximum atomic E-state index is 12.2. The van der Waals surface area contributed by atoms with E-state index in [0.29, 0.717) is 5.92 Å². The number of hydrogen-bond donors (Lipinski definition) is 0. The van der Waals surface area contributed by atoms with E-state index in [9.17, 15) is 4.79 Å². The normalized spacial score (nSPS) is 44.4. The van der Waals surface area contributed by atoms with Crippen LogP contribution in [0.4, 0.5) is 0 Å². The average Bonchev–Trinajstić information content (AvgIpc) is 2.49. The fraction of sp³-hybridized carbons (Fsp3) is 0.750. The van der Waals surface area contributed by atoms with Crippen LogP contribution in [-0.2, 0) is 9.53 Å². The largest absolute Gasteiger partial charge is 0.373 e. The summed E-state index contributed by atoms with van der Waals surface area (Å²) in [5.74, 6) is 0.620. The maximum absolute atomic E-state index is 12.2. The Balaban J connectivity index is 2.51. The molecule has 2 fully saturated rings. The van der Waals surface area contributed by atoms with Crippen molar-refractivity contribution in [3.05, 3.63) is 12.7 Å². The average molecular weight is 194 g/mol. The summed E-state index contributed by atoms with van der Waals surface area (Å²) in [5, 5.41) is 0. The van der Waals surface area contributed by atoms with Gasteiger partial charge >= 0.3 is 0 Å². The molecule has 2 nitrogen and oxygen atoms in total. The van der Waals surface area contributed by atoms with Gasteiger partial charge in [0, 0.05) is 7.11 Å². The van der Waals surface area contributed by atoms with E-state index in [0.717, 1.165) is 12.8 Å². The quantitative estimate of drug-likeness (QED) is 0.630. The van der Waals surface area contributed by atoms with Crippen molar-refractivity contribution in [3.8, 4) is 0 Å². The van der Waals surface area contributed by atoms with Crippen LogP contribution in [0, 0.1) is 16.7 Å². The van der Waals surface area contributed by atoms with Crippen LogP contribution >= 0.6 is 0 Å². The van der Waals surface area contributed by atoms with Crippen LogP contribution in [0.1, 0.15) is 26.7 Å². The SMILES string of the molecule is C=C[C@@]12CC[C@@H]([C@H](OC)C1=O)C2(C)C. The third kappa shape index (κ3) is 0.789. The predicted molar refractivity (Wildman–Crippen MR) is 54.9 cm³/mol. The summed E-state index contributed by atoms with van der Waals surface area (Å²) in [6.07, 6.45) is 3.70. The molecule has 0 saturated heterocycles. The van der Waals surface area contributed by atoms with Gasteiger partial charge in [0.25, 0.3) is 0 Å². The van der Waals surface area contributed by atoms with E-state index >= 15 is 0 Å². The summed E-state index contributed by atoms with van der Waals surface area (Å²) < 4.78 is 5.32. The molecule has 0 aliphatic heterocycles. The van der Waals surface area contributed by atoms with E-state index in [1.165, 1.54) is 0 Å². The number of carbonyl (C=O) groups is 1. The number of allylic oxidation sites excluding steroid dienone is 1. The lowest BCUT2D eigenvalue weighted by Crippen LogP contribution is -2.36. The van der Waals surface area contributed by atoms with Crippen molar-refractivity contribution in [2.75, 3.05) is 7.11 Å². The van der Waals surface area contributed by atoms with Crippen molar-refractivity contribution < 1.29 is 9.53 Å². The molecule has 2 heteroatoms. The lowest BCUT2D eigenvalue weighted by molar-refractivity contribution is -0.135. The molecule has 0 aromatic heterocycles. The molecule has 2 bridgehead atoms. The monoisotopic (exact) mass is 194 g/mol. The van der Waals surface area contributed by atoms with E-state index in [-0.39, 0.29) is 22.7 Å². The summed E-state index contributed by atoms with van der Waals surface area (Å²) in [7, 11) is 1.64. The van der Waals surface area contributed by atoms with Gasteiger partial charge in [-0.2, -0.15) is 0 Å². The minimum absolute atomic E-state index is 0.0203. The van der Waals surface area contributed by atoms with Crippen molar-refractivity contribution >= 4 is 5.78 Å². The van der Waals surface area contributed by atoms with Crippen molar-refractivity contribution in [2.45, 2.75) is 32.8 Å². The highest BCUT2D eigenvalue weighted by Gasteiger charge is 2.67. The van der Waals surface area contributed by atoms with Crippen LogP contribution < -0.4 is 0 Å². The van der Waals surface area contributed by atoms with Gasteiger partial charge in [-0.25, -0.2) is 0 Å². The molecule has 2 rings (SSSR count). The van der Waals surface area contributed by atoms with Gasteiger partial charge in [0.2, 0.25) is 0 Å². The molecule has 2 saturated carbocycles. The van der Waals surface area contributed by atoms with Crippen LogP contribution in [0.5, 0.6) is 0 Å². The predicted octanol–water partition coefficient (Wildman–Crippen LogP) is 2.19. The number of rotatable bonds is 2. The molecule has 0 radical (unpaired) electrons. The second kappa shape index (κ2) is 2.69. The number of Topliss-reactive ketones (excluding diaryl/α,β-unsaturated/α-hetero) is 1. The number of ether oxygens (including phenoxy) is 1. The maximum Gasteiger partial charge on any atom is 0.172 e. The third-order valence-corrected chi connectivity index (χ3v) is 4.59. The Morgan fingerprint density at radius 1 is 1.57 bits per heavy atom. The lowest BCUT2D eigenvalue weighted by atomic mass is 9.69. The fourth-order valence-corrected chi connectivity index (χ4v) is 3.54. The highest BCUT2D eigenvalue weighted by molar-refractivity contribution is 5.95. The first kappa shape index (κ1) is 9.91.